The molecule has 7 nitrogen and oxygen atoms in total. The molecule has 0 bridgehead atoms. The van der Waals surface area contributed by atoms with E-state index in [4.69, 9.17) is 49.6 Å². The van der Waals surface area contributed by atoms with Crippen molar-refractivity contribution in [3.63, 3.8) is 0 Å². The molecule has 0 atom stereocenters. The minimum absolute atomic E-state index is 0.0917. The van der Waals surface area contributed by atoms with Crippen LogP contribution in [0.15, 0.2) is 63.0 Å². The van der Waals surface area contributed by atoms with Crippen molar-refractivity contribution in [3.8, 4) is 17.2 Å². The quantitative estimate of drug-likeness (QED) is 0.184. The maximum absolute atomic E-state index is 13.3. The molecule has 1 fully saturated rings. The van der Waals surface area contributed by atoms with E-state index in [0.29, 0.717) is 31.8 Å². The van der Waals surface area contributed by atoms with Gasteiger partial charge in [0, 0.05) is 0 Å². The molecule has 1 saturated heterocycles. The van der Waals surface area contributed by atoms with Crippen molar-refractivity contribution in [2.45, 2.75) is 6.61 Å². The molecule has 3 aromatic rings. The molecule has 12 heteroatoms. The Labute approximate surface area is 243 Å². The third-order valence-corrected chi connectivity index (χ3v) is 7.70. The lowest BCUT2D eigenvalue weighted by atomic mass is 10.1. The van der Waals surface area contributed by atoms with E-state index in [1.54, 1.807) is 30.3 Å². The number of amides is 2. The average Bonchev–Trinajstić information content (AvgIpc) is 3.32. The molecule has 0 saturated carbocycles. The molecule has 2 aliphatic rings. The van der Waals surface area contributed by atoms with Crippen LogP contribution in [0.4, 0.5) is 5.69 Å². The van der Waals surface area contributed by atoms with E-state index in [1.807, 2.05) is 18.2 Å². The molecule has 0 unspecified atom stereocenters. The van der Waals surface area contributed by atoms with E-state index in [9.17, 15) is 9.59 Å². The molecule has 188 valence electrons. The van der Waals surface area contributed by atoms with Crippen molar-refractivity contribution in [2.75, 3.05) is 11.7 Å². The normalized spacial score (nSPS) is 15.8. The predicted molar refractivity (Wildman–Crippen MR) is 151 cm³/mol. The highest BCUT2D eigenvalue weighted by atomic mass is 79.9. The van der Waals surface area contributed by atoms with Gasteiger partial charge in [-0.2, -0.15) is 0 Å². The summed E-state index contributed by atoms with van der Waals surface area (Å²) in [5.74, 6) is 0.659. The minimum Gasteiger partial charge on any atom is -0.487 e. The molecule has 3 aromatic carbocycles. The van der Waals surface area contributed by atoms with E-state index < -0.39 is 11.8 Å². The summed E-state index contributed by atoms with van der Waals surface area (Å²) in [4.78, 5) is 27.2. The number of halogens is 4. The van der Waals surface area contributed by atoms with Crippen LogP contribution >= 0.6 is 67.3 Å². The summed E-state index contributed by atoms with van der Waals surface area (Å²) in [7, 11) is 0. The predicted octanol–water partition coefficient (Wildman–Crippen LogP) is 6.66. The molecule has 5 rings (SSSR count). The molecule has 2 amide bonds. The molecule has 2 aliphatic heterocycles. The Hall–Kier alpha value is -2.63. The minimum atomic E-state index is -0.631. The topological polar surface area (TPSA) is 77.1 Å². The number of anilines is 1. The van der Waals surface area contributed by atoms with Gasteiger partial charge in [0.1, 0.15) is 17.9 Å². The zero-order chi connectivity index (χ0) is 26.3. The third kappa shape index (κ3) is 5.21. The molecule has 37 heavy (non-hydrogen) atoms. The van der Waals surface area contributed by atoms with E-state index >= 15 is 0 Å². The van der Waals surface area contributed by atoms with Crippen LogP contribution in [0, 0.1) is 0 Å². The van der Waals surface area contributed by atoms with Gasteiger partial charge in [0.25, 0.3) is 11.8 Å². The van der Waals surface area contributed by atoms with Crippen LogP contribution in [-0.2, 0) is 16.2 Å². The summed E-state index contributed by atoms with van der Waals surface area (Å²) < 4.78 is 18.0. The Kier molecular flexibility index (Phi) is 7.46. The van der Waals surface area contributed by atoms with Crippen molar-refractivity contribution in [2.24, 2.45) is 0 Å². The van der Waals surface area contributed by atoms with Crippen molar-refractivity contribution < 1.29 is 23.8 Å². The fourth-order valence-electron chi connectivity index (χ4n) is 3.69. The Morgan fingerprint density at radius 1 is 1.05 bits per heavy atom. The summed E-state index contributed by atoms with van der Waals surface area (Å²) in [5.41, 5.74) is 1.61. The molecular formula is C25H14Br2Cl2N2O5S. The fourth-order valence-corrected chi connectivity index (χ4v) is 5.80. The van der Waals surface area contributed by atoms with Gasteiger partial charge in [-0.25, -0.2) is 0 Å². The zero-order valence-corrected chi connectivity index (χ0v) is 24.0. The Bertz CT molecular complexity index is 1490. The molecule has 0 radical (unpaired) electrons. The number of carbonyl (C=O) groups excluding carboxylic acids is 2. The van der Waals surface area contributed by atoms with Crippen molar-refractivity contribution in [3.05, 3.63) is 84.2 Å². The summed E-state index contributed by atoms with van der Waals surface area (Å²) >= 11 is 24.7. The summed E-state index contributed by atoms with van der Waals surface area (Å²) in [6, 6.07) is 13.9. The Morgan fingerprint density at radius 2 is 1.78 bits per heavy atom. The van der Waals surface area contributed by atoms with Crippen LogP contribution in [0.25, 0.3) is 6.08 Å². The van der Waals surface area contributed by atoms with Crippen LogP contribution in [0.1, 0.15) is 11.1 Å². The van der Waals surface area contributed by atoms with E-state index in [2.05, 4.69) is 37.2 Å². The van der Waals surface area contributed by atoms with Gasteiger partial charge < -0.3 is 14.2 Å². The van der Waals surface area contributed by atoms with Crippen molar-refractivity contribution in [1.29, 1.82) is 0 Å². The number of hydrogen-bond acceptors (Lipinski definition) is 6. The van der Waals surface area contributed by atoms with Gasteiger partial charge in [-0.1, -0.05) is 35.3 Å². The van der Waals surface area contributed by atoms with Gasteiger partial charge in [-0.3, -0.25) is 19.8 Å². The van der Waals surface area contributed by atoms with E-state index in [0.717, 1.165) is 10.5 Å². The Balaban J connectivity index is 1.40. The highest BCUT2D eigenvalue weighted by Crippen LogP contribution is 2.38. The molecule has 1 N–H and O–H groups in total. The highest BCUT2D eigenvalue weighted by molar-refractivity contribution is 9.11. The van der Waals surface area contributed by atoms with Crippen LogP contribution in [0.3, 0.4) is 0 Å². The van der Waals surface area contributed by atoms with E-state index in [1.165, 1.54) is 6.08 Å². The highest BCUT2D eigenvalue weighted by Gasteiger charge is 2.35. The second kappa shape index (κ2) is 10.6. The molecule has 0 spiro atoms. The standard InChI is InChI=1S/C25H14Br2Cl2N2O5S/c26-15-7-13(8-16(27)22(15)34-10-12-4-5-19-20(9-12)36-11-35-19)6-14-23(32)30-25(37)31(24(14)33)18-3-1-2-17(28)21(18)29/h1-9H,10-11H2,(H,30,32,37)/b14-6+. The van der Waals surface area contributed by atoms with Gasteiger partial charge in [0.2, 0.25) is 6.79 Å². The lowest BCUT2D eigenvalue weighted by Crippen LogP contribution is -2.54. The monoisotopic (exact) mass is 682 g/mol. The summed E-state index contributed by atoms with van der Waals surface area (Å²) in [6.45, 7) is 0.478. The number of nitrogens with zero attached hydrogens (tertiary/aromatic N) is 1. The van der Waals surface area contributed by atoms with Gasteiger partial charge in [-0.05, 0) is 97.7 Å². The first kappa shape index (κ1) is 26.0. The number of ether oxygens (including phenoxy) is 3. The molecular weight excluding hydrogens is 671 g/mol. The third-order valence-electron chi connectivity index (χ3n) is 5.43. The first-order valence-corrected chi connectivity index (χ1v) is 13.3. The van der Waals surface area contributed by atoms with Gasteiger partial charge in [0.05, 0.1) is 24.7 Å². The second-order valence-electron chi connectivity index (χ2n) is 7.82. The van der Waals surface area contributed by atoms with Gasteiger partial charge in [0.15, 0.2) is 16.6 Å². The molecule has 0 aromatic heterocycles. The number of hydrogen-bond donors (Lipinski definition) is 1. The number of fused-ring (bicyclic) bond motifs is 1. The van der Waals surface area contributed by atoms with Crippen LogP contribution in [0.2, 0.25) is 10.0 Å². The first-order chi connectivity index (χ1) is 17.7. The number of benzene rings is 3. The zero-order valence-electron chi connectivity index (χ0n) is 18.5. The SMILES string of the molecule is O=C1NC(=S)N(c2cccc(Cl)c2Cl)C(=O)/C1=C/c1cc(Br)c(OCc2ccc3c(c2)OCO3)c(Br)c1. The van der Waals surface area contributed by atoms with Crippen LogP contribution in [-0.4, -0.2) is 23.7 Å². The number of carbonyl (C=O) groups is 2. The smallest absolute Gasteiger partial charge is 0.270 e. The van der Waals surface area contributed by atoms with Gasteiger partial charge >= 0.3 is 0 Å². The molecule has 2 heterocycles. The fraction of sp³-hybridized carbons (Fsp3) is 0.0800. The number of thiocarbonyl (C=S) groups is 1. The van der Waals surface area contributed by atoms with E-state index in [-0.39, 0.29) is 39.8 Å². The van der Waals surface area contributed by atoms with Crippen LogP contribution in [0.5, 0.6) is 17.2 Å². The van der Waals surface area contributed by atoms with Crippen molar-refractivity contribution in [1.82, 2.24) is 5.32 Å². The lowest BCUT2D eigenvalue weighted by Gasteiger charge is -2.29. The summed E-state index contributed by atoms with van der Waals surface area (Å²) in [6.07, 6.45) is 1.46. The first-order valence-electron chi connectivity index (χ1n) is 10.6. The number of nitrogens with one attached hydrogen (secondary N) is 1. The van der Waals surface area contributed by atoms with Crippen LogP contribution < -0.4 is 24.4 Å². The number of rotatable bonds is 5. The second-order valence-corrected chi connectivity index (χ2v) is 10.7. The Morgan fingerprint density at radius 3 is 2.54 bits per heavy atom. The van der Waals surface area contributed by atoms with Crippen molar-refractivity contribution >= 4 is 96.0 Å². The lowest BCUT2D eigenvalue weighted by molar-refractivity contribution is -0.122. The molecule has 0 aliphatic carbocycles. The largest absolute Gasteiger partial charge is 0.487 e. The van der Waals surface area contributed by atoms with Gasteiger partial charge in [-0.15, -0.1) is 0 Å². The average molecular weight is 685 g/mol. The maximum Gasteiger partial charge on any atom is 0.270 e. The maximum atomic E-state index is 13.3. The summed E-state index contributed by atoms with van der Waals surface area (Å²) in [5, 5.41) is 2.84.